The molecule has 1 saturated heterocycles. The van der Waals surface area contributed by atoms with Crippen LogP contribution in [0.5, 0.6) is 5.88 Å². The van der Waals surface area contributed by atoms with E-state index in [0.29, 0.717) is 12.5 Å². The van der Waals surface area contributed by atoms with Crippen molar-refractivity contribution in [3.8, 4) is 17.0 Å². The van der Waals surface area contributed by atoms with Crippen molar-refractivity contribution in [1.29, 1.82) is 0 Å². The molecule has 0 aliphatic carbocycles. The van der Waals surface area contributed by atoms with Crippen molar-refractivity contribution in [2.75, 3.05) is 37.7 Å². The molecule has 0 bridgehead atoms. The number of hydrogen-bond donors (Lipinski definition) is 2. The van der Waals surface area contributed by atoms with Crippen LogP contribution in [0.3, 0.4) is 0 Å². The van der Waals surface area contributed by atoms with E-state index in [1.807, 2.05) is 31.5 Å². The summed E-state index contributed by atoms with van der Waals surface area (Å²) in [5, 5.41) is 4.45. The maximum absolute atomic E-state index is 5.86. The quantitative estimate of drug-likeness (QED) is 0.572. The lowest BCUT2D eigenvalue weighted by atomic mass is 10.1. The summed E-state index contributed by atoms with van der Waals surface area (Å²) in [6.07, 6.45) is 3.62. The molecule has 3 aromatic heterocycles. The van der Waals surface area contributed by atoms with E-state index in [4.69, 9.17) is 14.7 Å². The average Bonchev–Trinajstić information content (AvgIpc) is 3.13. The minimum atomic E-state index is 0.560. The van der Waals surface area contributed by atoms with Crippen molar-refractivity contribution in [2.24, 2.45) is 0 Å². The zero-order valence-corrected chi connectivity index (χ0v) is 15.8. The number of ether oxygens (including phenoxy) is 1. The van der Waals surface area contributed by atoms with Gasteiger partial charge in [0.2, 0.25) is 11.8 Å². The summed E-state index contributed by atoms with van der Waals surface area (Å²) in [5.41, 5.74) is 5.05. The number of aromatic amines is 1. The number of pyridine rings is 1. The van der Waals surface area contributed by atoms with E-state index in [9.17, 15) is 0 Å². The van der Waals surface area contributed by atoms with E-state index in [2.05, 4.69) is 38.4 Å². The molecule has 4 heterocycles. The highest BCUT2D eigenvalue weighted by Gasteiger charge is 2.19. The van der Waals surface area contributed by atoms with E-state index in [-0.39, 0.29) is 0 Å². The molecule has 0 spiro atoms. The van der Waals surface area contributed by atoms with Gasteiger partial charge in [-0.15, -0.1) is 0 Å². The fourth-order valence-corrected chi connectivity index (χ4v) is 3.69. The van der Waals surface area contributed by atoms with Gasteiger partial charge in [0.1, 0.15) is 11.0 Å². The van der Waals surface area contributed by atoms with Crippen molar-refractivity contribution < 1.29 is 4.74 Å². The number of benzene rings is 1. The maximum Gasteiger partial charge on any atom is 0.243 e. The van der Waals surface area contributed by atoms with Crippen LogP contribution in [0.2, 0.25) is 0 Å². The second-order valence-electron chi connectivity index (χ2n) is 6.84. The standard InChI is InChI=1S/C21H22N6O/c1-2-28-20-19-18(25-21(26-20)27-11-9-23-10-12-27)16-13-15(3-4-17(16)24-19)14-5-7-22-8-6-14/h3-8,13,23-24H,2,9-12H2,1H3. The van der Waals surface area contributed by atoms with Gasteiger partial charge in [0.25, 0.3) is 0 Å². The van der Waals surface area contributed by atoms with Crippen LogP contribution < -0.4 is 15.0 Å². The van der Waals surface area contributed by atoms with Crippen LogP contribution in [0.1, 0.15) is 6.92 Å². The van der Waals surface area contributed by atoms with Gasteiger partial charge in [0.15, 0.2) is 0 Å². The van der Waals surface area contributed by atoms with Crippen LogP contribution >= 0.6 is 0 Å². The summed E-state index contributed by atoms with van der Waals surface area (Å²) in [5.74, 6) is 1.34. The van der Waals surface area contributed by atoms with Gasteiger partial charge in [0, 0.05) is 49.5 Å². The van der Waals surface area contributed by atoms with Gasteiger partial charge in [-0.1, -0.05) is 6.07 Å². The monoisotopic (exact) mass is 374 g/mol. The molecule has 28 heavy (non-hydrogen) atoms. The van der Waals surface area contributed by atoms with Gasteiger partial charge in [-0.2, -0.15) is 4.98 Å². The Labute approximate surface area is 162 Å². The molecule has 0 saturated carbocycles. The van der Waals surface area contributed by atoms with Crippen molar-refractivity contribution >= 4 is 27.9 Å². The molecule has 1 aliphatic rings. The first-order chi connectivity index (χ1) is 13.8. The molecule has 0 atom stereocenters. The van der Waals surface area contributed by atoms with E-state index in [1.54, 1.807) is 0 Å². The Kier molecular flexibility index (Phi) is 4.29. The molecule has 0 unspecified atom stereocenters. The van der Waals surface area contributed by atoms with Gasteiger partial charge in [-0.05, 0) is 42.3 Å². The first kappa shape index (κ1) is 16.9. The number of fused-ring (bicyclic) bond motifs is 3. The summed E-state index contributed by atoms with van der Waals surface area (Å²) in [4.78, 5) is 19.4. The molecule has 1 fully saturated rings. The molecule has 0 radical (unpaired) electrons. The number of nitrogens with zero attached hydrogens (tertiary/aromatic N) is 4. The first-order valence-corrected chi connectivity index (χ1v) is 9.66. The second kappa shape index (κ2) is 7.09. The Bertz CT molecular complexity index is 1120. The smallest absolute Gasteiger partial charge is 0.243 e. The molecule has 2 N–H and O–H groups in total. The van der Waals surface area contributed by atoms with Crippen LogP contribution in [0.4, 0.5) is 5.95 Å². The number of rotatable bonds is 4. The van der Waals surface area contributed by atoms with Gasteiger partial charge < -0.3 is 19.9 Å². The fraction of sp³-hybridized carbons (Fsp3) is 0.286. The molecule has 1 aliphatic heterocycles. The predicted octanol–water partition coefficient (Wildman–Crippen LogP) is 2.98. The van der Waals surface area contributed by atoms with Crippen molar-refractivity contribution in [3.63, 3.8) is 0 Å². The lowest BCUT2D eigenvalue weighted by Crippen LogP contribution is -2.44. The second-order valence-corrected chi connectivity index (χ2v) is 6.84. The summed E-state index contributed by atoms with van der Waals surface area (Å²) in [6, 6.07) is 10.4. The maximum atomic E-state index is 5.86. The van der Waals surface area contributed by atoms with E-state index >= 15 is 0 Å². The number of piperazine rings is 1. The van der Waals surface area contributed by atoms with Crippen molar-refractivity contribution in [3.05, 3.63) is 42.7 Å². The largest absolute Gasteiger partial charge is 0.476 e. The van der Waals surface area contributed by atoms with Crippen LogP contribution in [0, 0.1) is 0 Å². The molecule has 5 rings (SSSR count). The van der Waals surface area contributed by atoms with Crippen molar-refractivity contribution in [2.45, 2.75) is 6.92 Å². The third-order valence-corrected chi connectivity index (χ3v) is 5.09. The molecular formula is C21H22N6O. The first-order valence-electron chi connectivity index (χ1n) is 9.66. The van der Waals surface area contributed by atoms with Crippen LogP contribution in [-0.2, 0) is 0 Å². The van der Waals surface area contributed by atoms with Crippen LogP contribution in [-0.4, -0.2) is 52.7 Å². The van der Waals surface area contributed by atoms with Crippen LogP contribution in [0.25, 0.3) is 33.1 Å². The lowest BCUT2D eigenvalue weighted by Gasteiger charge is -2.27. The normalized spacial score (nSPS) is 14.7. The predicted molar refractivity (Wildman–Crippen MR) is 111 cm³/mol. The van der Waals surface area contributed by atoms with E-state index in [1.165, 1.54) is 0 Å². The van der Waals surface area contributed by atoms with Crippen molar-refractivity contribution in [1.82, 2.24) is 25.3 Å². The Morgan fingerprint density at radius 3 is 2.64 bits per heavy atom. The summed E-state index contributed by atoms with van der Waals surface area (Å²) in [7, 11) is 0. The molecular weight excluding hydrogens is 352 g/mol. The van der Waals surface area contributed by atoms with E-state index in [0.717, 1.165) is 65.2 Å². The average molecular weight is 374 g/mol. The number of aromatic nitrogens is 4. The Hall–Kier alpha value is -3.19. The highest BCUT2D eigenvalue weighted by Crippen LogP contribution is 2.33. The number of nitrogens with one attached hydrogen (secondary N) is 2. The van der Waals surface area contributed by atoms with Gasteiger partial charge in [0.05, 0.1) is 6.61 Å². The minimum absolute atomic E-state index is 0.560. The molecule has 142 valence electrons. The zero-order chi connectivity index (χ0) is 18.9. The summed E-state index contributed by atoms with van der Waals surface area (Å²) < 4.78 is 5.86. The Morgan fingerprint density at radius 1 is 1.04 bits per heavy atom. The molecule has 4 aromatic rings. The van der Waals surface area contributed by atoms with Gasteiger partial charge in [-0.25, -0.2) is 4.98 Å². The topological polar surface area (TPSA) is 79.0 Å². The Morgan fingerprint density at radius 2 is 1.86 bits per heavy atom. The molecule has 1 aromatic carbocycles. The van der Waals surface area contributed by atoms with Gasteiger partial charge in [-0.3, -0.25) is 4.98 Å². The zero-order valence-electron chi connectivity index (χ0n) is 15.8. The highest BCUT2D eigenvalue weighted by molar-refractivity contribution is 6.08. The SMILES string of the molecule is CCOc1nc(N2CCNCC2)nc2c1[nH]c1ccc(-c3ccncc3)cc12. The summed E-state index contributed by atoms with van der Waals surface area (Å²) >= 11 is 0. The number of anilines is 1. The van der Waals surface area contributed by atoms with Crippen LogP contribution in [0.15, 0.2) is 42.7 Å². The fourth-order valence-electron chi connectivity index (χ4n) is 3.69. The lowest BCUT2D eigenvalue weighted by molar-refractivity contribution is 0.330. The summed E-state index contributed by atoms with van der Waals surface area (Å²) in [6.45, 7) is 6.19. The molecule has 7 heteroatoms. The minimum Gasteiger partial charge on any atom is -0.476 e. The Balaban J connectivity index is 1.70. The van der Waals surface area contributed by atoms with Gasteiger partial charge >= 0.3 is 0 Å². The third-order valence-electron chi connectivity index (χ3n) is 5.09. The highest BCUT2D eigenvalue weighted by atomic mass is 16.5. The third kappa shape index (κ3) is 2.93. The molecule has 7 nitrogen and oxygen atoms in total. The molecule has 0 amide bonds. The van der Waals surface area contributed by atoms with E-state index < -0.39 is 0 Å². The number of hydrogen-bond acceptors (Lipinski definition) is 6. The number of H-pyrrole nitrogens is 1.